The predicted octanol–water partition coefficient (Wildman–Crippen LogP) is 3.46. The summed E-state index contributed by atoms with van der Waals surface area (Å²) in [6.07, 6.45) is 4.34. The van der Waals surface area contributed by atoms with Crippen molar-refractivity contribution in [1.29, 1.82) is 0 Å². The Morgan fingerprint density at radius 1 is 1.36 bits per heavy atom. The lowest BCUT2D eigenvalue weighted by atomic mass is 10.0. The molecule has 64 valence electrons. The minimum Gasteiger partial charge on any atom is -0.175 e. The molecule has 0 aliphatic heterocycles. The van der Waals surface area contributed by atoms with Crippen LogP contribution in [0.3, 0.4) is 0 Å². The molecule has 1 heteroatoms. The highest BCUT2D eigenvalue weighted by Gasteiger charge is 1.94. The van der Waals surface area contributed by atoms with Crippen molar-refractivity contribution in [3.63, 3.8) is 0 Å². The maximum Gasteiger partial charge on any atom is 0.00882 e. The van der Waals surface area contributed by atoms with E-state index in [-0.39, 0.29) is 0 Å². The highest BCUT2D eigenvalue weighted by molar-refractivity contribution is 7.80. The predicted molar refractivity (Wildman–Crippen MR) is 56.2 cm³/mol. The zero-order chi connectivity index (χ0) is 8.85. The van der Waals surface area contributed by atoms with Gasteiger partial charge in [-0.2, -0.15) is 12.6 Å². The Labute approximate surface area is 75.8 Å². The van der Waals surface area contributed by atoms with Crippen molar-refractivity contribution >= 4 is 12.6 Å². The van der Waals surface area contributed by atoms with E-state index in [2.05, 4.69) is 52.5 Å². The van der Waals surface area contributed by atoms with Gasteiger partial charge in [-0.3, -0.25) is 0 Å². The maximum absolute atomic E-state index is 4.13. The van der Waals surface area contributed by atoms with Crippen molar-refractivity contribution in [2.24, 2.45) is 5.92 Å². The fourth-order valence-corrected chi connectivity index (χ4v) is 1.02. The van der Waals surface area contributed by atoms with Crippen molar-refractivity contribution < 1.29 is 0 Å². The third-order valence-electron chi connectivity index (χ3n) is 1.78. The lowest BCUT2D eigenvalue weighted by Crippen LogP contribution is -1.88. The van der Waals surface area contributed by atoms with Gasteiger partial charge in [-0.1, -0.05) is 37.1 Å². The first-order chi connectivity index (χ1) is 5.07. The van der Waals surface area contributed by atoms with Gasteiger partial charge in [0.15, 0.2) is 0 Å². The van der Waals surface area contributed by atoms with Crippen LogP contribution in [0, 0.1) is 5.92 Å². The summed E-state index contributed by atoms with van der Waals surface area (Å²) in [6.45, 7) is 8.70. The third-order valence-corrected chi connectivity index (χ3v) is 1.96. The molecule has 11 heavy (non-hydrogen) atoms. The molecule has 0 heterocycles. The molecule has 0 nitrogen and oxygen atoms in total. The number of rotatable bonds is 3. The van der Waals surface area contributed by atoms with Crippen LogP contribution >= 0.6 is 12.6 Å². The van der Waals surface area contributed by atoms with Crippen LogP contribution in [-0.4, -0.2) is 5.75 Å². The van der Waals surface area contributed by atoms with Gasteiger partial charge in [0.2, 0.25) is 0 Å². The van der Waals surface area contributed by atoms with Gasteiger partial charge in [-0.15, -0.1) is 0 Å². The minimum atomic E-state index is 0.651. The zero-order valence-electron chi connectivity index (χ0n) is 7.89. The molecule has 0 rings (SSSR count). The van der Waals surface area contributed by atoms with E-state index in [9.17, 15) is 0 Å². The van der Waals surface area contributed by atoms with E-state index in [4.69, 9.17) is 0 Å². The fraction of sp³-hybridized carbons (Fsp3) is 0.600. The molecule has 0 N–H and O–H groups in total. The lowest BCUT2D eigenvalue weighted by molar-refractivity contribution is 0.768. The number of allylic oxidation sites excluding steroid dienone is 3. The standard InChI is InChI=1S/C10H18S/c1-8(2)10(4)7-9(3)5-6-11/h5,7-8,11H,6H2,1-4H3/b9-5-,10-7+. The minimum absolute atomic E-state index is 0.651. The summed E-state index contributed by atoms with van der Waals surface area (Å²) in [5.74, 6) is 1.48. The van der Waals surface area contributed by atoms with Gasteiger partial charge in [0.05, 0.1) is 0 Å². The molecule has 0 aromatic heterocycles. The second kappa shape index (κ2) is 5.48. The molecule has 0 aliphatic carbocycles. The van der Waals surface area contributed by atoms with Crippen LogP contribution in [0.4, 0.5) is 0 Å². The van der Waals surface area contributed by atoms with Crippen LogP contribution in [0.1, 0.15) is 27.7 Å². The van der Waals surface area contributed by atoms with Crippen LogP contribution in [0.25, 0.3) is 0 Å². The summed E-state index contributed by atoms with van der Waals surface area (Å²) in [5, 5.41) is 0. The van der Waals surface area contributed by atoms with Gasteiger partial charge in [0.1, 0.15) is 0 Å². The highest BCUT2D eigenvalue weighted by Crippen LogP contribution is 2.10. The molecule has 0 aliphatic rings. The van der Waals surface area contributed by atoms with Gasteiger partial charge in [0.25, 0.3) is 0 Å². The summed E-state index contributed by atoms with van der Waals surface area (Å²) in [6, 6.07) is 0. The molecule has 0 spiro atoms. The quantitative estimate of drug-likeness (QED) is 0.486. The summed E-state index contributed by atoms with van der Waals surface area (Å²) >= 11 is 4.13. The average Bonchev–Trinajstić information content (AvgIpc) is 1.87. The van der Waals surface area contributed by atoms with Crippen molar-refractivity contribution in [3.05, 3.63) is 23.3 Å². The van der Waals surface area contributed by atoms with E-state index in [1.165, 1.54) is 11.1 Å². The van der Waals surface area contributed by atoms with Crippen molar-refractivity contribution in [2.75, 3.05) is 5.75 Å². The van der Waals surface area contributed by atoms with Gasteiger partial charge in [0, 0.05) is 5.75 Å². The highest BCUT2D eigenvalue weighted by atomic mass is 32.1. The number of hydrogen-bond acceptors (Lipinski definition) is 1. The van der Waals surface area contributed by atoms with Gasteiger partial charge in [-0.05, 0) is 19.8 Å². The largest absolute Gasteiger partial charge is 0.175 e. The second-order valence-corrected chi connectivity index (χ2v) is 3.54. The molecule has 0 amide bonds. The average molecular weight is 170 g/mol. The number of thiol groups is 1. The Morgan fingerprint density at radius 2 is 1.91 bits per heavy atom. The van der Waals surface area contributed by atoms with E-state index < -0.39 is 0 Å². The Morgan fingerprint density at radius 3 is 2.27 bits per heavy atom. The van der Waals surface area contributed by atoms with Crippen molar-refractivity contribution in [2.45, 2.75) is 27.7 Å². The van der Waals surface area contributed by atoms with E-state index in [1.54, 1.807) is 0 Å². The first kappa shape index (κ1) is 10.8. The molecule has 0 fully saturated rings. The first-order valence-corrected chi connectivity index (χ1v) is 4.67. The molecular formula is C10H18S. The Bertz CT molecular complexity index is 164. The van der Waals surface area contributed by atoms with Crippen molar-refractivity contribution in [3.8, 4) is 0 Å². The molecule has 0 saturated carbocycles. The smallest absolute Gasteiger partial charge is 0.00882 e. The summed E-state index contributed by atoms with van der Waals surface area (Å²) in [7, 11) is 0. The van der Waals surface area contributed by atoms with E-state index >= 15 is 0 Å². The van der Waals surface area contributed by atoms with E-state index in [1.807, 2.05) is 0 Å². The van der Waals surface area contributed by atoms with E-state index in [0.717, 1.165) is 5.75 Å². The Kier molecular flexibility index (Phi) is 5.39. The van der Waals surface area contributed by atoms with Gasteiger partial charge in [-0.25, -0.2) is 0 Å². The molecular weight excluding hydrogens is 152 g/mol. The van der Waals surface area contributed by atoms with E-state index in [0.29, 0.717) is 5.92 Å². The summed E-state index contributed by atoms with van der Waals surface area (Å²) in [5.41, 5.74) is 2.74. The zero-order valence-corrected chi connectivity index (χ0v) is 8.78. The van der Waals surface area contributed by atoms with Crippen LogP contribution in [0.2, 0.25) is 0 Å². The van der Waals surface area contributed by atoms with Crippen LogP contribution in [-0.2, 0) is 0 Å². The van der Waals surface area contributed by atoms with Gasteiger partial charge < -0.3 is 0 Å². The SMILES string of the molecule is CC(=C/CS)/C=C(\C)C(C)C. The third kappa shape index (κ3) is 5.14. The monoisotopic (exact) mass is 170 g/mol. The summed E-state index contributed by atoms with van der Waals surface area (Å²) < 4.78 is 0. The molecule has 0 atom stereocenters. The Hall–Kier alpha value is -0.170. The first-order valence-electron chi connectivity index (χ1n) is 4.03. The van der Waals surface area contributed by atoms with Crippen LogP contribution in [0.5, 0.6) is 0 Å². The van der Waals surface area contributed by atoms with Crippen LogP contribution in [0.15, 0.2) is 23.3 Å². The Balaban J connectivity index is 4.18. The van der Waals surface area contributed by atoms with Crippen LogP contribution < -0.4 is 0 Å². The topological polar surface area (TPSA) is 0 Å². The van der Waals surface area contributed by atoms with Crippen molar-refractivity contribution in [1.82, 2.24) is 0 Å². The maximum atomic E-state index is 4.13. The summed E-state index contributed by atoms with van der Waals surface area (Å²) in [4.78, 5) is 0. The normalized spacial score (nSPS) is 14.4. The fourth-order valence-electron chi connectivity index (χ4n) is 0.729. The lowest BCUT2D eigenvalue weighted by Gasteiger charge is -2.04. The molecule has 0 bridgehead atoms. The number of hydrogen-bond donors (Lipinski definition) is 1. The molecule has 0 aromatic carbocycles. The second-order valence-electron chi connectivity index (χ2n) is 3.17. The molecule has 0 saturated heterocycles. The molecule has 0 aromatic rings. The molecule has 0 radical (unpaired) electrons. The van der Waals surface area contributed by atoms with Gasteiger partial charge >= 0.3 is 0 Å². The molecule has 0 unspecified atom stereocenters.